The number of hydrogen-bond acceptors (Lipinski definition) is 4. The number of carbonyl (C=O) groups excluding carboxylic acids is 4. The molecule has 13 heteroatoms. The fourth-order valence-electron chi connectivity index (χ4n) is 5.19. The van der Waals surface area contributed by atoms with E-state index in [1.54, 1.807) is 36.1 Å². The number of likely N-dealkylation sites (tertiary alicyclic amines) is 1. The zero-order valence-corrected chi connectivity index (χ0v) is 22.6. The van der Waals surface area contributed by atoms with Crippen molar-refractivity contribution < 1.29 is 28.0 Å². The molecule has 2 aromatic carbocycles. The molecule has 0 spiro atoms. The van der Waals surface area contributed by atoms with Crippen molar-refractivity contribution in [2.24, 2.45) is 12.8 Å². The number of para-hydroxylation sites is 1. The van der Waals surface area contributed by atoms with Gasteiger partial charge in [-0.15, -0.1) is 0 Å². The summed E-state index contributed by atoms with van der Waals surface area (Å²) in [6.07, 6.45) is 3.57. The van der Waals surface area contributed by atoms with Crippen molar-refractivity contribution in [3.8, 4) is 0 Å². The Bertz CT molecular complexity index is 1670. The van der Waals surface area contributed by atoms with Crippen molar-refractivity contribution in [3.63, 3.8) is 0 Å². The van der Waals surface area contributed by atoms with Crippen LogP contribution < -0.4 is 21.7 Å². The van der Waals surface area contributed by atoms with Gasteiger partial charge in [-0.25, -0.2) is 13.6 Å². The number of amides is 5. The van der Waals surface area contributed by atoms with Crippen LogP contribution in [0, 0.1) is 11.6 Å². The fourth-order valence-corrected chi connectivity index (χ4v) is 5.19. The molecular weight excluding hydrogens is 548 g/mol. The van der Waals surface area contributed by atoms with Gasteiger partial charge in [0.25, 0.3) is 5.91 Å². The van der Waals surface area contributed by atoms with Crippen molar-refractivity contribution in [1.82, 2.24) is 25.1 Å². The number of benzene rings is 2. The maximum Gasteiger partial charge on any atom is 0.319 e. The highest BCUT2D eigenvalue weighted by molar-refractivity contribution is 5.98. The SMILES string of the molecule is Cn1cccc1C(=O)N1C[C@H](NC(=O)Nc2ccc(F)cc2F)C[C@@H]1C(=O)N[C@H](Cc1c[nH]c2ccccc12)C(N)=O. The van der Waals surface area contributed by atoms with Gasteiger partial charge in [0.1, 0.15) is 29.4 Å². The Morgan fingerprint density at radius 3 is 2.60 bits per heavy atom. The molecule has 1 fully saturated rings. The van der Waals surface area contributed by atoms with Crippen LogP contribution in [0.2, 0.25) is 0 Å². The highest BCUT2D eigenvalue weighted by Gasteiger charge is 2.42. The topological polar surface area (TPSA) is 154 Å². The summed E-state index contributed by atoms with van der Waals surface area (Å²) in [4.78, 5) is 56.5. The number of aryl methyl sites for hydroxylation is 1. The predicted octanol–water partition coefficient (Wildman–Crippen LogP) is 2.40. The van der Waals surface area contributed by atoms with Gasteiger partial charge in [0, 0.05) is 49.4 Å². The summed E-state index contributed by atoms with van der Waals surface area (Å²) in [5, 5.41) is 8.53. The summed E-state index contributed by atoms with van der Waals surface area (Å²) in [5.74, 6) is -3.57. The summed E-state index contributed by atoms with van der Waals surface area (Å²) < 4.78 is 28.9. The van der Waals surface area contributed by atoms with E-state index in [0.29, 0.717) is 11.8 Å². The summed E-state index contributed by atoms with van der Waals surface area (Å²) in [7, 11) is 1.68. The molecule has 5 rings (SSSR count). The number of anilines is 1. The minimum Gasteiger partial charge on any atom is -0.368 e. The molecule has 0 radical (unpaired) electrons. The second-order valence-electron chi connectivity index (χ2n) is 10.2. The van der Waals surface area contributed by atoms with Gasteiger partial charge >= 0.3 is 6.03 Å². The first-order valence-electron chi connectivity index (χ1n) is 13.2. The molecular formula is C29H29F2N7O4. The van der Waals surface area contributed by atoms with E-state index in [4.69, 9.17) is 5.73 Å². The van der Waals surface area contributed by atoms with E-state index in [-0.39, 0.29) is 25.1 Å². The van der Waals surface area contributed by atoms with E-state index < -0.39 is 53.5 Å². The second kappa shape index (κ2) is 11.7. The zero-order chi connectivity index (χ0) is 30.0. The molecule has 1 aliphatic rings. The zero-order valence-electron chi connectivity index (χ0n) is 22.6. The minimum atomic E-state index is -1.07. The highest BCUT2D eigenvalue weighted by Crippen LogP contribution is 2.23. The van der Waals surface area contributed by atoms with E-state index in [9.17, 15) is 28.0 Å². The Balaban J connectivity index is 1.33. The van der Waals surface area contributed by atoms with Crippen LogP contribution in [0.15, 0.2) is 67.0 Å². The third-order valence-corrected chi connectivity index (χ3v) is 7.30. The number of fused-ring (bicyclic) bond motifs is 1. The molecule has 3 heterocycles. The third-order valence-electron chi connectivity index (χ3n) is 7.30. The van der Waals surface area contributed by atoms with Crippen LogP contribution in [-0.2, 0) is 23.1 Å². The molecule has 2 aromatic heterocycles. The summed E-state index contributed by atoms with van der Waals surface area (Å²) in [6, 6.07) is 9.88. The first-order chi connectivity index (χ1) is 20.1. The van der Waals surface area contributed by atoms with Gasteiger partial charge in [-0.2, -0.15) is 0 Å². The molecule has 0 unspecified atom stereocenters. The molecule has 1 aliphatic heterocycles. The number of rotatable bonds is 8. The van der Waals surface area contributed by atoms with Crippen LogP contribution in [-0.4, -0.2) is 62.9 Å². The van der Waals surface area contributed by atoms with Gasteiger partial charge in [0.2, 0.25) is 11.8 Å². The molecule has 42 heavy (non-hydrogen) atoms. The average molecular weight is 578 g/mol. The number of H-pyrrole nitrogens is 1. The molecule has 0 saturated carbocycles. The quantitative estimate of drug-likeness (QED) is 0.218. The smallest absolute Gasteiger partial charge is 0.319 e. The average Bonchev–Trinajstić information content (AvgIpc) is 3.68. The first kappa shape index (κ1) is 28.3. The van der Waals surface area contributed by atoms with Gasteiger partial charge in [0.15, 0.2) is 0 Å². The number of carbonyl (C=O) groups is 4. The van der Waals surface area contributed by atoms with Crippen LogP contribution in [0.3, 0.4) is 0 Å². The lowest BCUT2D eigenvalue weighted by Crippen LogP contribution is -2.53. The van der Waals surface area contributed by atoms with E-state index in [1.807, 2.05) is 24.3 Å². The Morgan fingerprint density at radius 1 is 1.10 bits per heavy atom. The molecule has 0 bridgehead atoms. The molecule has 0 aliphatic carbocycles. The molecule has 11 nitrogen and oxygen atoms in total. The monoisotopic (exact) mass is 577 g/mol. The summed E-state index contributed by atoms with van der Waals surface area (Å²) >= 11 is 0. The molecule has 6 N–H and O–H groups in total. The van der Waals surface area contributed by atoms with Crippen LogP contribution in [0.5, 0.6) is 0 Å². The largest absolute Gasteiger partial charge is 0.368 e. The summed E-state index contributed by atoms with van der Waals surface area (Å²) in [6.45, 7) is -0.0366. The van der Waals surface area contributed by atoms with E-state index in [2.05, 4.69) is 20.9 Å². The normalized spacial score (nSPS) is 17.2. The first-order valence-corrected chi connectivity index (χ1v) is 13.2. The van der Waals surface area contributed by atoms with Crippen LogP contribution in [0.25, 0.3) is 10.9 Å². The van der Waals surface area contributed by atoms with Crippen molar-refractivity contribution in [3.05, 3.63) is 89.9 Å². The van der Waals surface area contributed by atoms with Crippen LogP contribution in [0.4, 0.5) is 19.3 Å². The predicted molar refractivity (Wildman–Crippen MR) is 150 cm³/mol. The molecule has 218 valence electrons. The minimum absolute atomic E-state index is 0.0138. The Hall–Kier alpha value is -5.20. The van der Waals surface area contributed by atoms with Crippen molar-refractivity contribution in [2.75, 3.05) is 11.9 Å². The van der Waals surface area contributed by atoms with Gasteiger partial charge < -0.3 is 36.1 Å². The fraction of sp³-hybridized carbons (Fsp3) is 0.241. The van der Waals surface area contributed by atoms with E-state index >= 15 is 0 Å². The lowest BCUT2D eigenvalue weighted by atomic mass is 10.0. The number of nitrogens with one attached hydrogen (secondary N) is 4. The van der Waals surface area contributed by atoms with E-state index in [1.165, 1.54) is 4.90 Å². The van der Waals surface area contributed by atoms with Gasteiger partial charge in [0.05, 0.1) is 11.7 Å². The summed E-state index contributed by atoms with van der Waals surface area (Å²) in [5.41, 5.74) is 7.38. The van der Waals surface area contributed by atoms with Crippen LogP contribution >= 0.6 is 0 Å². The Kier molecular flexibility index (Phi) is 7.91. The number of nitrogens with two attached hydrogens (primary N) is 1. The lowest BCUT2D eigenvalue weighted by Gasteiger charge is -2.25. The molecule has 3 atom stereocenters. The van der Waals surface area contributed by atoms with Crippen molar-refractivity contribution in [1.29, 1.82) is 0 Å². The maximum absolute atomic E-state index is 14.0. The van der Waals surface area contributed by atoms with Gasteiger partial charge in [-0.1, -0.05) is 18.2 Å². The number of aromatic amines is 1. The van der Waals surface area contributed by atoms with Crippen LogP contribution in [0.1, 0.15) is 22.5 Å². The van der Waals surface area contributed by atoms with Crippen molar-refractivity contribution in [2.45, 2.75) is 31.0 Å². The number of urea groups is 1. The third kappa shape index (κ3) is 5.94. The number of nitrogens with zero attached hydrogens (tertiary/aromatic N) is 2. The molecule has 1 saturated heterocycles. The number of hydrogen-bond donors (Lipinski definition) is 5. The number of aromatic nitrogens is 2. The Morgan fingerprint density at radius 2 is 1.88 bits per heavy atom. The standard InChI is InChI=1S/C29H29F2N7O4/c1-37-10-4-7-24(37)28(41)38-15-18(34-29(42)36-22-9-8-17(30)12-20(22)31)13-25(38)27(40)35-23(26(32)39)11-16-14-33-21-6-3-2-5-19(16)21/h2-10,12,14,18,23,25,33H,11,13,15H2,1H3,(H2,32,39)(H,35,40)(H2,34,36,42)/t18-,23-,25-/m1/s1. The molecule has 5 amide bonds. The lowest BCUT2D eigenvalue weighted by molar-refractivity contribution is -0.129. The second-order valence-corrected chi connectivity index (χ2v) is 10.2. The maximum atomic E-state index is 14.0. The van der Waals surface area contributed by atoms with Gasteiger partial charge in [-0.3, -0.25) is 14.4 Å². The van der Waals surface area contributed by atoms with Crippen molar-refractivity contribution >= 4 is 40.3 Å². The van der Waals surface area contributed by atoms with Gasteiger partial charge in [-0.05, 0) is 42.3 Å². The molecule has 4 aromatic rings. The highest BCUT2D eigenvalue weighted by atomic mass is 19.1. The number of primary amides is 1. The number of halogens is 2. The van der Waals surface area contributed by atoms with E-state index in [0.717, 1.165) is 28.6 Å². The Labute approximate surface area is 239 Å².